The molecule has 4 aromatic rings. The van der Waals surface area contributed by atoms with Gasteiger partial charge in [-0.05, 0) is 54.4 Å². The first-order valence-corrected chi connectivity index (χ1v) is 10.4. The van der Waals surface area contributed by atoms with Crippen LogP contribution in [0.2, 0.25) is 10.0 Å². The molecule has 0 radical (unpaired) electrons. The fourth-order valence-corrected chi connectivity index (χ4v) is 3.62. The Morgan fingerprint density at radius 3 is 2.39 bits per heavy atom. The molecule has 0 aliphatic rings. The normalized spacial score (nSPS) is 10.8. The van der Waals surface area contributed by atoms with Gasteiger partial charge < -0.3 is 9.32 Å². The fourth-order valence-electron chi connectivity index (χ4n) is 3.24. The van der Waals surface area contributed by atoms with Crippen LogP contribution in [-0.2, 0) is 6.54 Å². The van der Waals surface area contributed by atoms with Crippen LogP contribution in [0.5, 0.6) is 0 Å². The number of amides is 1. The maximum Gasteiger partial charge on any atom is 0.253 e. The van der Waals surface area contributed by atoms with Gasteiger partial charge in [0.25, 0.3) is 5.91 Å². The van der Waals surface area contributed by atoms with Crippen molar-refractivity contribution in [1.29, 1.82) is 0 Å². The van der Waals surface area contributed by atoms with Crippen LogP contribution < -0.4 is 0 Å². The van der Waals surface area contributed by atoms with Gasteiger partial charge in [-0.25, -0.2) is 0 Å². The lowest BCUT2D eigenvalue weighted by molar-refractivity contribution is 0.0785. The molecule has 0 unspecified atom stereocenters. The van der Waals surface area contributed by atoms with Crippen molar-refractivity contribution in [3.63, 3.8) is 0 Å². The number of benzene rings is 3. The molecule has 0 atom stereocenters. The van der Waals surface area contributed by atoms with Crippen LogP contribution >= 0.6 is 23.2 Å². The quantitative estimate of drug-likeness (QED) is 0.357. The molecule has 1 heterocycles. The average molecular weight is 452 g/mol. The van der Waals surface area contributed by atoms with E-state index in [4.69, 9.17) is 27.6 Å². The highest BCUT2D eigenvalue weighted by atomic mass is 35.5. The van der Waals surface area contributed by atoms with Gasteiger partial charge >= 0.3 is 0 Å². The van der Waals surface area contributed by atoms with Crippen molar-refractivity contribution < 1.29 is 9.21 Å². The van der Waals surface area contributed by atoms with E-state index in [1.54, 1.807) is 42.3 Å². The van der Waals surface area contributed by atoms with Gasteiger partial charge in [-0.2, -0.15) is 0 Å². The summed E-state index contributed by atoms with van der Waals surface area (Å²) in [5.74, 6) is 0.733. The first-order chi connectivity index (χ1) is 14.9. The Labute approximate surface area is 190 Å². The Morgan fingerprint density at radius 2 is 1.65 bits per heavy atom. The molecule has 4 rings (SSSR count). The van der Waals surface area contributed by atoms with Crippen molar-refractivity contribution >= 4 is 29.1 Å². The second kappa shape index (κ2) is 8.92. The highest BCUT2D eigenvalue weighted by Gasteiger charge is 2.16. The lowest BCUT2D eigenvalue weighted by atomic mass is 10.1. The lowest BCUT2D eigenvalue weighted by Crippen LogP contribution is -2.26. The Morgan fingerprint density at radius 1 is 0.935 bits per heavy atom. The van der Waals surface area contributed by atoms with E-state index in [1.807, 2.05) is 43.3 Å². The van der Waals surface area contributed by atoms with Gasteiger partial charge in [0, 0.05) is 30.3 Å². The number of halogens is 2. The minimum atomic E-state index is -0.131. The Bertz CT molecular complexity index is 1240. The van der Waals surface area contributed by atoms with Crippen LogP contribution in [-0.4, -0.2) is 28.1 Å². The molecule has 1 aromatic heterocycles. The molecule has 0 aliphatic carbocycles. The zero-order valence-electron chi connectivity index (χ0n) is 17.0. The summed E-state index contributed by atoms with van der Waals surface area (Å²) in [6.45, 7) is 2.34. The monoisotopic (exact) mass is 451 g/mol. The van der Waals surface area contributed by atoms with E-state index >= 15 is 0 Å². The van der Waals surface area contributed by atoms with E-state index in [0.717, 1.165) is 22.3 Å². The molecule has 0 N–H and O–H groups in total. The third-order valence-electron chi connectivity index (χ3n) is 4.97. The molecular formula is C24H19Cl2N3O2. The number of aromatic nitrogens is 2. The molecule has 31 heavy (non-hydrogen) atoms. The molecule has 5 nitrogen and oxygen atoms in total. The van der Waals surface area contributed by atoms with Crippen LogP contribution in [0.4, 0.5) is 0 Å². The molecule has 1 amide bonds. The van der Waals surface area contributed by atoms with Gasteiger partial charge in [0.2, 0.25) is 11.8 Å². The van der Waals surface area contributed by atoms with Crippen molar-refractivity contribution in [1.82, 2.24) is 15.1 Å². The van der Waals surface area contributed by atoms with Gasteiger partial charge in [0.15, 0.2) is 0 Å². The molecule has 7 heteroatoms. The molecule has 0 saturated carbocycles. The lowest BCUT2D eigenvalue weighted by Gasteiger charge is -2.18. The largest absolute Gasteiger partial charge is 0.416 e. The molecule has 0 bridgehead atoms. The van der Waals surface area contributed by atoms with Gasteiger partial charge in [0.1, 0.15) is 0 Å². The van der Waals surface area contributed by atoms with Crippen molar-refractivity contribution in [2.24, 2.45) is 0 Å². The van der Waals surface area contributed by atoms with E-state index < -0.39 is 0 Å². The minimum absolute atomic E-state index is 0.131. The van der Waals surface area contributed by atoms with Crippen molar-refractivity contribution in [3.05, 3.63) is 93.5 Å². The highest BCUT2D eigenvalue weighted by Crippen LogP contribution is 2.28. The summed E-state index contributed by atoms with van der Waals surface area (Å²) in [6.07, 6.45) is 0. The number of hydrogen-bond acceptors (Lipinski definition) is 4. The zero-order valence-corrected chi connectivity index (χ0v) is 18.5. The number of carbonyl (C=O) groups is 1. The molecule has 0 saturated heterocycles. The maximum absolute atomic E-state index is 12.8. The Balaban J connectivity index is 1.50. The van der Waals surface area contributed by atoms with Crippen molar-refractivity contribution in [2.75, 3.05) is 7.05 Å². The number of carbonyl (C=O) groups excluding carboxylic acids is 1. The second-order valence-electron chi connectivity index (χ2n) is 7.18. The van der Waals surface area contributed by atoms with E-state index in [-0.39, 0.29) is 5.91 Å². The molecule has 0 fully saturated rings. The molecule has 0 aliphatic heterocycles. The average Bonchev–Trinajstić information content (AvgIpc) is 3.27. The predicted octanol–water partition coefficient (Wildman–Crippen LogP) is 6.29. The summed E-state index contributed by atoms with van der Waals surface area (Å²) in [4.78, 5) is 14.4. The van der Waals surface area contributed by atoms with Gasteiger partial charge in [-0.3, -0.25) is 4.79 Å². The van der Waals surface area contributed by atoms with Crippen LogP contribution in [0, 0.1) is 6.92 Å². The summed E-state index contributed by atoms with van der Waals surface area (Å²) in [6, 6.07) is 20.3. The molecule has 156 valence electrons. The summed E-state index contributed by atoms with van der Waals surface area (Å²) in [5.41, 5.74) is 4.03. The van der Waals surface area contributed by atoms with Crippen LogP contribution in [0.1, 0.15) is 21.5 Å². The standard InChI is InChI=1S/C24H19Cl2N3O2/c1-15-6-3-4-8-19(15)23-28-27-22(31-23)16-10-12-17(13-11-16)24(30)29(2)14-18-7-5-9-20(25)21(18)26/h3-13H,14H2,1-2H3. The topological polar surface area (TPSA) is 59.2 Å². The highest BCUT2D eigenvalue weighted by molar-refractivity contribution is 6.42. The zero-order chi connectivity index (χ0) is 22.0. The number of hydrogen-bond donors (Lipinski definition) is 0. The SMILES string of the molecule is Cc1ccccc1-c1nnc(-c2ccc(C(=O)N(C)Cc3cccc(Cl)c3Cl)cc2)o1. The van der Waals surface area contributed by atoms with Gasteiger partial charge in [-0.15, -0.1) is 10.2 Å². The van der Waals surface area contributed by atoms with E-state index in [1.165, 1.54) is 0 Å². The Kier molecular flexibility index (Phi) is 6.07. The van der Waals surface area contributed by atoms with E-state index in [0.29, 0.717) is 33.9 Å². The second-order valence-corrected chi connectivity index (χ2v) is 7.96. The first kappa shape index (κ1) is 21.1. The van der Waals surface area contributed by atoms with Crippen LogP contribution in [0.25, 0.3) is 22.9 Å². The molecule has 0 spiro atoms. The van der Waals surface area contributed by atoms with Crippen LogP contribution in [0.15, 0.2) is 71.1 Å². The maximum atomic E-state index is 12.8. The van der Waals surface area contributed by atoms with E-state index in [9.17, 15) is 4.79 Å². The molecule has 3 aromatic carbocycles. The smallest absolute Gasteiger partial charge is 0.253 e. The third-order valence-corrected chi connectivity index (χ3v) is 5.82. The van der Waals surface area contributed by atoms with Crippen molar-refractivity contribution in [3.8, 4) is 22.9 Å². The third kappa shape index (κ3) is 4.48. The summed E-state index contributed by atoms with van der Waals surface area (Å²) in [5, 5.41) is 9.23. The summed E-state index contributed by atoms with van der Waals surface area (Å²) in [7, 11) is 1.72. The predicted molar refractivity (Wildman–Crippen MR) is 122 cm³/mol. The fraction of sp³-hybridized carbons (Fsp3) is 0.125. The summed E-state index contributed by atoms with van der Waals surface area (Å²) < 4.78 is 5.84. The number of nitrogens with zero attached hydrogens (tertiary/aromatic N) is 3. The first-order valence-electron chi connectivity index (χ1n) is 9.62. The van der Waals surface area contributed by atoms with E-state index in [2.05, 4.69) is 10.2 Å². The summed E-state index contributed by atoms with van der Waals surface area (Å²) >= 11 is 12.3. The molecular weight excluding hydrogens is 433 g/mol. The van der Waals surface area contributed by atoms with Crippen molar-refractivity contribution in [2.45, 2.75) is 13.5 Å². The van der Waals surface area contributed by atoms with Gasteiger partial charge in [0.05, 0.1) is 10.0 Å². The minimum Gasteiger partial charge on any atom is -0.416 e. The number of rotatable bonds is 5. The van der Waals surface area contributed by atoms with Crippen LogP contribution in [0.3, 0.4) is 0 Å². The Hall–Kier alpha value is -3.15. The number of aryl methyl sites for hydroxylation is 1. The van der Waals surface area contributed by atoms with Gasteiger partial charge in [-0.1, -0.05) is 53.5 Å².